The molecular formula is C12H18F3N3O2. The fraction of sp³-hybridized carbons (Fsp3) is 0.667. The van der Waals surface area contributed by atoms with E-state index < -0.39 is 23.3 Å². The van der Waals surface area contributed by atoms with Gasteiger partial charge in [-0.1, -0.05) is 6.92 Å². The molecule has 0 aliphatic heterocycles. The Labute approximate surface area is 114 Å². The van der Waals surface area contributed by atoms with Crippen LogP contribution < -0.4 is 5.32 Å². The highest BCUT2D eigenvalue weighted by Crippen LogP contribution is 2.27. The van der Waals surface area contributed by atoms with Gasteiger partial charge in [-0.15, -0.1) is 0 Å². The van der Waals surface area contributed by atoms with Crippen molar-refractivity contribution in [1.29, 1.82) is 0 Å². The van der Waals surface area contributed by atoms with Crippen LogP contribution in [0.5, 0.6) is 0 Å². The molecule has 0 bridgehead atoms. The van der Waals surface area contributed by atoms with Gasteiger partial charge in [-0.25, -0.2) is 0 Å². The zero-order chi connectivity index (χ0) is 15.4. The van der Waals surface area contributed by atoms with Crippen molar-refractivity contribution in [2.75, 3.05) is 6.61 Å². The smallest absolute Gasteiger partial charge is 0.396 e. The summed E-state index contributed by atoms with van der Waals surface area (Å²) >= 11 is 0. The molecule has 0 aromatic carbocycles. The summed E-state index contributed by atoms with van der Waals surface area (Å²) in [5, 5.41) is 14.9. The van der Waals surface area contributed by atoms with Crippen LogP contribution in [0.2, 0.25) is 0 Å². The fourth-order valence-corrected chi connectivity index (χ4v) is 1.70. The average Bonchev–Trinajstić information content (AvgIpc) is 2.77. The van der Waals surface area contributed by atoms with Gasteiger partial charge >= 0.3 is 6.18 Å². The monoisotopic (exact) mass is 293 g/mol. The Balaban J connectivity index is 2.65. The molecule has 20 heavy (non-hydrogen) atoms. The number of aliphatic hydroxyl groups is 1. The van der Waals surface area contributed by atoms with Crippen LogP contribution in [0.15, 0.2) is 12.3 Å². The van der Waals surface area contributed by atoms with Crippen LogP contribution in [-0.4, -0.2) is 32.9 Å². The van der Waals surface area contributed by atoms with Crippen molar-refractivity contribution in [2.24, 2.45) is 0 Å². The Hall–Kier alpha value is -1.57. The molecule has 5 nitrogen and oxygen atoms in total. The van der Waals surface area contributed by atoms with Gasteiger partial charge < -0.3 is 10.4 Å². The van der Waals surface area contributed by atoms with Crippen molar-refractivity contribution in [3.63, 3.8) is 0 Å². The van der Waals surface area contributed by atoms with E-state index in [0.717, 1.165) is 16.9 Å². The Bertz CT molecular complexity index is 459. The highest BCUT2D eigenvalue weighted by atomic mass is 19.4. The summed E-state index contributed by atoms with van der Waals surface area (Å²) in [6, 6.07) is 0.819. The van der Waals surface area contributed by atoms with Crippen molar-refractivity contribution in [3.8, 4) is 0 Å². The van der Waals surface area contributed by atoms with Crippen LogP contribution in [0, 0.1) is 0 Å². The largest absolute Gasteiger partial charge is 0.435 e. The van der Waals surface area contributed by atoms with Crippen molar-refractivity contribution in [1.82, 2.24) is 15.1 Å². The number of rotatable bonds is 6. The van der Waals surface area contributed by atoms with Gasteiger partial charge in [0.25, 0.3) is 0 Å². The molecule has 114 valence electrons. The quantitative estimate of drug-likeness (QED) is 0.836. The van der Waals surface area contributed by atoms with Gasteiger partial charge in [-0.05, 0) is 25.8 Å². The number of hydrogen-bond acceptors (Lipinski definition) is 3. The lowest BCUT2D eigenvalue weighted by Crippen LogP contribution is -2.47. The molecule has 0 fully saturated rings. The maximum absolute atomic E-state index is 12.4. The minimum Gasteiger partial charge on any atom is -0.396 e. The predicted octanol–water partition coefficient (Wildman–Crippen LogP) is 1.57. The van der Waals surface area contributed by atoms with Gasteiger partial charge in [-0.2, -0.15) is 18.3 Å². The second-order valence-electron chi connectivity index (χ2n) is 4.83. The molecule has 8 heteroatoms. The third-order valence-corrected chi connectivity index (χ3v) is 3.12. The molecule has 1 aromatic heterocycles. The fourth-order valence-electron chi connectivity index (χ4n) is 1.70. The summed E-state index contributed by atoms with van der Waals surface area (Å²) in [4.78, 5) is 11.8. The molecule has 0 aliphatic carbocycles. The van der Waals surface area contributed by atoms with Crippen LogP contribution >= 0.6 is 0 Å². The number of aromatic nitrogens is 2. The highest BCUT2D eigenvalue weighted by molar-refractivity contribution is 5.76. The van der Waals surface area contributed by atoms with Gasteiger partial charge in [0.05, 0.1) is 0 Å². The third-order valence-electron chi connectivity index (χ3n) is 3.12. The molecule has 0 aliphatic rings. The highest BCUT2D eigenvalue weighted by Gasteiger charge is 2.33. The SMILES string of the molecule is CCC(C)(CCO)NC(=O)Cn1ccc(C(F)(F)F)n1. The van der Waals surface area contributed by atoms with E-state index in [0.29, 0.717) is 12.8 Å². The van der Waals surface area contributed by atoms with E-state index in [2.05, 4.69) is 10.4 Å². The van der Waals surface area contributed by atoms with E-state index in [4.69, 9.17) is 5.11 Å². The van der Waals surface area contributed by atoms with Gasteiger partial charge in [0.1, 0.15) is 6.54 Å². The first-order valence-electron chi connectivity index (χ1n) is 6.23. The number of carbonyl (C=O) groups excluding carboxylic acids is 1. The van der Waals surface area contributed by atoms with Crippen LogP contribution in [-0.2, 0) is 17.5 Å². The molecule has 1 amide bonds. The normalized spacial score (nSPS) is 14.9. The average molecular weight is 293 g/mol. The minimum absolute atomic E-state index is 0.0788. The molecule has 1 heterocycles. The maximum Gasteiger partial charge on any atom is 0.435 e. The zero-order valence-electron chi connectivity index (χ0n) is 11.4. The Morgan fingerprint density at radius 2 is 2.15 bits per heavy atom. The van der Waals surface area contributed by atoms with Crippen molar-refractivity contribution >= 4 is 5.91 Å². The lowest BCUT2D eigenvalue weighted by molar-refractivity contribution is -0.141. The number of halogens is 3. The van der Waals surface area contributed by atoms with Gasteiger partial charge in [0.15, 0.2) is 5.69 Å². The second-order valence-corrected chi connectivity index (χ2v) is 4.83. The molecule has 0 saturated heterocycles. The molecule has 0 saturated carbocycles. The second kappa shape index (κ2) is 6.25. The summed E-state index contributed by atoms with van der Waals surface area (Å²) < 4.78 is 38.0. The summed E-state index contributed by atoms with van der Waals surface area (Å²) in [5.41, 5.74) is -1.61. The van der Waals surface area contributed by atoms with E-state index >= 15 is 0 Å². The number of amides is 1. The van der Waals surface area contributed by atoms with Crippen LogP contribution in [0.1, 0.15) is 32.4 Å². The van der Waals surface area contributed by atoms with Crippen LogP contribution in [0.3, 0.4) is 0 Å². The molecule has 1 aromatic rings. The summed E-state index contributed by atoms with van der Waals surface area (Å²) in [6.45, 7) is 3.25. The Morgan fingerprint density at radius 3 is 2.60 bits per heavy atom. The van der Waals surface area contributed by atoms with Gasteiger partial charge in [-0.3, -0.25) is 9.48 Å². The van der Waals surface area contributed by atoms with Crippen molar-refractivity contribution in [2.45, 2.75) is 44.9 Å². The minimum atomic E-state index is -4.52. The van der Waals surface area contributed by atoms with E-state index in [9.17, 15) is 18.0 Å². The van der Waals surface area contributed by atoms with Crippen molar-refractivity contribution in [3.05, 3.63) is 18.0 Å². The molecule has 0 spiro atoms. The van der Waals surface area contributed by atoms with E-state index in [1.807, 2.05) is 6.92 Å². The first-order valence-corrected chi connectivity index (χ1v) is 6.23. The molecule has 2 N–H and O–H groups in total. The molecule has 0 radical (unpaired) electrons. The number of nitrogens with zero attached hydrogens (tertiary/aromatic N) is 2. The lowest BCUT2D eigenvalue weighted by atomic mass is 9.95. The first-order chi connectivity index (χ1) is 9.20. The first kappa shape index (κ1) is 16.5. The Kier molecular flexibility index (Phi) is 5.15. The van der Waals surface area contributed by atoms with Crippen molar-refractivity contribution < 1.29 is 23.1 Å². The van der Waals surface area contributed by atoms with Crippen LogP contribution in [0.25, 0.3) is 0 Å². The summed E-state index contributed by atoms with van der Waals surface area (Å²) in [6.07, 6.45) is -2.43. The number of aliphatic hydroxyl groups excluding tert-OH is 1. The molecule has 1 atom stereocenters. The Morgan fingerprint density at radius 1 is 1.50 bits per heavy atom. The molecule has 1 unspecified atom stereocenters. The summed E-state index contributed by atoms with van der Waals surface area (Å²) in [7, 11) is 0. The van der Waals surface area contributed by atoms with Crippen LogP contribution in [0.4, 0.5) is 13.2 Å². The predicted molar refractivity (Wildman–Crippen MR) is 65.8 cm³/mol. The number of hydrogen-bond donors (Lipinski definition) is 2. The van der Waals surface area contributed by atoms with E-state index in [-0.39, 0.29) is 13.2 Å². The topological polar surface area (TPSA) is 67.2 Å². The number of nitrogens with one attached hydrogen (secondary N) is 1. The molecule has 1 rings (SSSR count). The zero-order valence-corrected chi connectivity index (χ0v) is 11.4. The van der Waals surface area contributed by atoms with E-state index in [1.165, 1.54) is 0 Å². The molecular weight excluding hydrogens is 275 g/mol. The maximum atomic E-state index is 12.4. The van der Waals surface area contributed by atoms with Gasteiger partial charge in [0, 0.05) is 18.3 Å². The standard InChI is InChI=1S/C12H18F3N3O2/c1-3-11(2,5-7-19)16-10(20)8-18-6-4-9(17-18)12(13,14)15/h4,6,19H,3,5,7-8H2,1-2H3,(H,16,20). The number of carbonyl (C=O) groups is 1. The summed E-state index contributed by atoms with van der Waals surface area (Å²) in [5.74, 6) is -0.445. The van der Waals surface area contributed by atoms with Gasteiger partial charge in [0.2, 0.25) is 5.91 Å². The third kappa shape index (κ3) is 4.52. The lowest BCUT2D eigenvalue weighted by Gasteiger charge is -2.28. The van der Waals surface area contributed by atoms with E-state index in [1.54, 1.807) is 6.92 Å². The number of alkyl halides is 3.